The number of hydrogen-bond donors (Lipinski definition) is 2. The number of nitrogens with zero attached hydrogens (tertiary/aromatic N) is 2. The highest BCUT2D eigenvalue weighted by atomic mass is 15.2. The van der Waals surface area contributed by atoms with Crippen LogP contribution in [-0.2, 0) is 11.8 Å². The van der Waals surface area contributed by atoms with Gasteiger partial charge in [0.15, 0.2) is 5.82 Å². The topological polar surface area (TPSA) is 53.6 Å². The largest absolute Gasteiger partial charge is 0.316 e. The van der Waals surface area contributed by atoms with Crippen molar-refractivity contribution in [1.29, 1.82) is 0 Å². The Balaban J connectivity index is 2.00. The second-order valence-corrected chi connectivity index (χ2v) is 5.42. The van der Waals surface area contributed by atoms with Crippen LogP contribution >= 0.6 is 0 Å². The summed E-state index contributed by atoms with van der Waals surface area (Å²) in [5, 5.41) is 10.7. The van der Waals surface area contributed by atoms with Crippen molar-refractivity contribution in [3.63, 3.8) is 0 Å². The zero-order valence-electron chi connectivity index (χ0n) is 9.80. The van der Waals surface area contributed by atoms with Gasteiger partial charge in [0.2, 0.25) is 0 Å². The highest BCUT2D eigenvalue weighted by Crippen LogP contribution is 2.19. The zero-order valence-corrected chi connectivity index (χ0v) is 9.80. The molecule has 0 aromatic carbocycles. The molecule has 1 aromatic rings. The second kappa shape index (κ2) is 3.93. The van der Waals surface area contributed by atoms with Crippen LogP contribution in [0.15, 0.2) is 0 Å². The lowest BCUT2D eigenvalue weighted by Crippen LogP contribution is -2.14. The van der Waals surface area contributed by atoms with Crippen LogP contribution < -0.4 is 5.32 Å². The molecule has 2 rings (SSSR count). The summed E-state index contributed by atoms with van der Waals surface area (Å²) >= 11 is 0. The molecule has 1 saturated heterocycles. The molecule has 2 N–H and O–H groups in total. The average Bonchev–Trinajstić information content (AvgIpc) is 2.73. The molecule has 1 unspecified atom stereocenters. The first-order chi connectivity index (χ1) is 7.05. The van der Waals surface area contributed by atoms with Gasteiger partial charge in [0.25, 0.3) is 0 Å². The standard InChI is InChI=1S/C11H20N4/c1-11(2,3)10-13-9(14-15-10)6-8-4-5-12-7-8/h8,12H,4-7H2,1-3H3,(H,13,14,15). The highest BCUT2D eigenvalue weighted by molar-refractivity contribution is 5.02. The highest BCUT2D eigenvalue weighted by Gasteiger charge is 2.21. The summed E-state index contributed by atoms with van der Waals surface area (Å²) in [6.07, 6.45) is 2.28. The Kier molecular flexibility index (Phi) is 2.78. The maximum atomic E-state index is 4.55. The molecule has 1 aliphatic rings. The molecule has 1 atom stereocenters. The fraction of sp³-hybridized carbons (Fsp3) is 0.818. The Hall–Kier alpha value is -0.900. The summed E-state index contributed by atoms with van der Waals surface area (Å²) in [5.74, 6) is 2.68. The lowest BCUT2D eigenvalue weighted by molar-refractivity contribution is 0.543. The Labute approximate surface area is 90.9 Å². The maximum Gasteiger partial charge on any atom is 0.155 e. The third-order valence-electron chi connectivity index (χ3n) is 2.85. The van der Waals surface area contributed by atoms with Gasteiger partial charge in [-0.3, -0.25) is 5.10 Å². The van der Waals surface area contributed by atoms with Crippen molar-refractivity contribution in [3.8, 4) is 0 Å². The molecule has 0 spiro atoms. The fourth-order valence-electron chi connectivity index (χ4n) is 1.88. The number of rotatable bonds is 2. The van der Waals surface area contributed by atoms with Crippen LogP contribution in [0.25, 0.3) is 0 Å². The molecular formula is C11H20N4. The minimum atomic E-state index is 0.0443. The normalized spacial score (nSPS) is 22.2. The molecule has 84 valence electrons. The van der Waals surface area contributed by atoms with Crippen LogP contribution in [0.1, 0.15) is 38.8 Å². The number of H-pyrrole nitrogens is 1. The van der Waals surface area contributed by atoms with Gasteiger partial charge in [0.05, 0.1) is 0 Å². The van der Waals surface area contributed by atoms with E-state index in [-0.39, 0.29) is 5.41 Å². The Morgan fingerprint density at radius 2 is 2.20 bits per heavy atom. The minimum absolute atomic E-state index is 0.0443. The number of aromatic nitrogens is 3. The summed E-state index contributed by atoms with van der Waals surface area (Å²) in [4.78, 5) is 4.55. The van der Waals surface area contributed by atoms with Gasteiger partial charge in [0, 0.05) is 11.8 Å². The van der Waals surface area contributed by atoms with Gasteiger partial charge >= 0.3 is 0 Å². The quantitative estimate of drug-likeness (QED) is 0.769. The van der Waals surface area contributed by atoms with Crippen LogP contribution in [0, 0.1) is 5.92 Å². The van der Waals surface area contributed by atoms with E-state index < -0.39 is 0 Å². The molecule has 0 radical (unpaired) electrons. The van der Waals surface area contributed by atoms with E-state index in [0.717, 1.165) is 37.1 Å². The van der Waals surface area contributed by atoms with E-state index in [9.17, 15) is 0 Å². The van der Waals surface area contributed by atoms with E-state index in [1.54, 1.807) is 0 Å². The molecule has 0 bridgehead atoms. The first kappa shape index (κ1) is 10.6. The van der Waals surface area contributed by atoms with Gasteiger partial charge in [-0.2, -0.15) is 5.10 Å². The lowest BCUT2D eigenvalue weighted by atomic mass is 9.96. The zero-order chi connectivity index (χ0) is 10.9. The third kappa shape index (κ3) is 2.56. The summed E-state index contributed by atoms with van der Waals surface area (Å²) in [6, 6.07) is 0. The number of hydrogen-bond acceptors (Lipinski definition) is 3. The lowest BCUT2D eigenvalue weighted by Gasteiger charge is -2.12. The molecule has 4 nitrogen and oxygen atoms in total. The van der Waals surface area contributed by atoms with E-state index in [1.165, 1.54) is 6.42 Å². The van der Waals surface area contributed by atoms with Crippen LogP contribution in [0.3, 0.4) is 0 Å². The fourth-order valence-corrected chi connectivity index (χ4v) is 1.88. The monoisotopic (exact) mass is 208 g/mol. The minimum Gasteiger partial charge on any atom is -0.316 e. The predicted octanol–water partition coefficient (Wildman–Crippen LogP) is 1.25. The Bertz CT molecular complexity index is 318. The van der Waals surface area contributed by atoms with E-state index >= 15 is 0 Å². The molecule has 2 heterocycles. The summed E-state index contributed by atoms with van der Waals surface area (Å²) in [7, 11) is 0. The molecule has 0 amide bonds. The molecular weight excluding hydrogens is 188 g/mol. The van der Waals surface area contributed by atoms with E-state index in [2.05, 4.69) is 41.3 Å². The van der Waals surface area contributed by atoms with Gasteiger partial charge in [-0.15, -0.1) is 0 Å². The molecule has 1 fully saturated rings. The van der Waals surface area contributed by atoms with Crippen molar-refractivity contribution in [2.24, 2.45) is 5.92 Å². The Morgan fingerprint density at radius 3 is 2.73 bits per heavy atom. The smallest absolute Gasteiger partial charge is 0.155 e. The molecule has 1 aromatic heterocycles. The third-order valence-corrected chi connectivity index (χ3v) is 2.85. The summed E-state index contributed by atoms with van der Waals surface area (Å²) < 4.78 is 0. The molecule has 4 heteroatoms. The van der Waals surface area contributed by atoms with Crippen molar-refractivity contribution >= 4 is 0 Å². The Morgan fingerprint density at radius 1 is 1.40 bits per heavy atom. The first-order valence-corrected chi connectivity index (χ1v) is 5.68. The van der Waals surface area contributed by atoms with Crippen LogP contribution in [0.5, 0.6) is 0 Å². The van der Waals surface area contributed by atoms with E-state index in [4.69, 9.17) is 0 Å². The predicted molar refractivity (Wildman–Crippen MR) is 59.8 cm³/mol. The second-order valence-electron chi connectivity index (χ2n) is 5.42. The van der Waals surface area contributed by atoms with Crippen molar-refractivity contribution in [2.75, 3.05) is 13.1 Å². The molecule has 0 aliphatic carbocycles. The van der Waals surface area contributed by atoms with Crippen molar-refractivity contribution < 1.29 is 0 Å². The first-order valence-electron chi connectivity index (χ1n) is 5.68. The van der Waals surface area contributed by atoms with E-state index in [0.29, 0.717) is 0 Å². The van der Waals surface area contributed by atoms with Crippen molar-refractivity contribution in [1.82, 2.24) is 20.5 Å². The average molecular weight is 208 g/mol. The van der Waals surface area contributed by atoms with Gasteiger partial charge in [-0.25, -0.2) is 4.98 Å². The number of aromatic amines is 1. The molecule has 1 aliphatic heterocycles. The summed E-state index contributed by atoms with van der Waals surface area (Å²) in [5.41, 5.74) is 0.0443. The van der Waals surface area contributed by atoms with E-state index in [1.807, 2.05) is 0 Å². The van der Waals surface area contributed by atoms with Crippen LogP contribution in [0.4, 0.5) is 0 Å². The van der Waals surface area contributed by atoms with Crippen LogP contribution in [-0.4, -0.2) is 28.3 Å². The molecule has 15 heavy (non-hydrogen) atoms. The van der Waals surface area contributed by atoms with Crippen molar-refractivity contribution in [3.05, 3.63) is 11.6 Å². The van der Waals surface area contributed by atoms with Gasteiger partial charge in [-0.05, 0) is 25.4 Å². The van der Waals surface area contributed by atoms with Crippen molar-refractivity contribution in [2.45, 2.75) is 39.0 Å². The van der Waals surface area contributed by atoms with Crippen LogP contribution in [0.2, 0.25) is 0 Å². The van der Waals surface area contributed by atoms with Gasteiger partial charge < -0.3 is 5.32 Å². The van der Waals surface area contributed by atoms with Gasteiger partial charge in [0.1, 0.15) is 5.82 Å². The SMILES string of the molecule is CC(C)(C)c1n[nH]c(CC2CCNC2)n1. The summed E-state index contributed by atoms with van der Waals surface area (Å²) in [6.45, 7) is 8.67. The van der Waals surface area contributed by atoms with Gasteiger partial charge in [-0.1, -0.05) is 20.8 Å². The maximum absolute atomic E-state index is 4.55. The number of nitrogens with one attached hydrogen (secondary N) is 2. The molecule has 0 saturated carbocycles.